The molecular weight excluding hydrogens is 379 g/mol. The topological polar surface area (TPSA) is 85.3 Å². The summed E-state index contributed by atoms with van der Waals surface area (Å²) in [5, 5.41) is 2.39. The molecule has 0 spiro atoms. The van der Waals surface area contributed by atoms with Gasteiger partial charge in [-0.1, -0.05) is 28.1 Å². The maximum Gasteiger partial charge on any atom is 0.433 e. The van der Waals surface area contributed by atoms with Crippen LogP contribution in [-0.4, -0.2) is 15.5 Å². The van der Waals surface area contributed by atoms with Gasteiger partial charge in [-0.3, -0.25) is 14.7 Å². The fraction of sp³-hybridized carbons (Fsp3) is 0.154. The quantitative estimate of drug-likeness (QED) is 0.786. The predicted molar refractivity (Wildman–Crippen MR) is 81.0 cm³/mol. The Kier molecular flexibility index (Phi) is 3.63. The van der Waals surface area contributed by atoms with Crippen molar-refractivity contribution in [2.45, 2.75) is 12.3 Å². The zero-order chi connectivity index (χ0) is 16.8. The van der Waals surface area contributed by atoms with E-state index in [4.69, 9.17) is 5.73 Å². The van der Waals surface area contributed by atoms with Crippen LogP contribution >= 0.6 is 15.9 Å². The van der Waals surface area contributed by atoms with Gasteiger partial charge in [-0.2, -0.15) is 13.2 Å². The molecule has 0 fully saturated rings. The third kappa shape index (κ3) is 2.93. The molecule has 0 aliphatic carbocycles. The van der Waals surface area contributed by atoms with E-state index in [1.54, 1.807) is 24.3 Å². The molecule has 1 aromatic carbocycles. The summed E-state index contributed by atoms with van der Waals surface area (Å²) in [6, 6.07) is 7.26. The lowest BCUT2D eigenvalue weighted by molar-refractivity contribution is -0.141. The van der Waals surface area contributed by atoms with E-state index < -0.39 is 23.6 Å². The molecular formula is C13H9BrF3N5O. The number of aromatic nitrogens is 2. The van der Waals surface area contributed by atoms with Gasteiger partial charge in [-0.15, -0.1) is 0 Å². The Hall–Kier alpha value is -2.36. The van der Waals surface area contributed by atoms with Crippen molar-refractivity contribution in [3.05, 3.63) is 56.4 Å². The van der Waals surface area contributed by atoms with Gasteiger partial charge in [0.05, 0.1) is 0 Å². The van der Waals surface area contributed by atoms with Gasteiger partial charge in [0.25, 0.3) is 5.56 Å². The highest BCUT2D eigenvalue weighted by Crippen LogP contribution is 2.30. The van der Waals surface area contributed by atoms with Crippen molar-refractivity contribution in [2.24, 2.45) is 10.7 Å². The molecule has 23 heavy (non-hydrogen) atoms. The highest BCUT2D eigenvalue weighted by atomic mass is 79.9. The van der Waals surface area contributed by atoms with Gasteiger partial charge in [0.1, 0.15) is 0 Å². The third-order valence-corrected chi connectivity index (χ3v) is 3.69. The largest absolute Gasteiger partial charge is 0.433 e. The summed E-state index contributed by atoms with van der Waals surface area (Å²) in [4.78, 5) is 19.7. The summed E-state index contributed by atoms with van der Waals surface area (Å²) in [6.45, 7) is 0. The van der Waals surface area contributed by atoms with Gasteiger partial charge < -0.3 is 5.73 Å². The molecule has 1 aromatic heterocycles. The normalized spacial score (nSPS) is 17.2. The number of nitrogens with one attached hydrogen (secondary N) is 1. The van der Waals surface area contributed by atoms with E-state index in [0.717, 1.165) is 9.04 Å². The number of guanidine groups is 1. The first kappa shape index (κ1) is 15.5. The van der Waals surface area contributed by atoms with Crippen LogP contribution < -0.4 is 16.6 Å². The van der Waals surface area contributed by atoms with E-state index in [1.807, 2.05) is 0 Å². The third-order valence-electron chi connectivity index (χ3n) is 3.16. The van der Waals surface area contributed by atoms with Crippen LogP contribution in [0.5, 0.6) is 0 Å². The number of hydrogen-bond acceptors (Lipinski definition) is 5. The molecule has 0 saturated heterocycles. The van der Waals surface area contributed by atoms with Crippen LogP contribution in [0.3, 0.4) is 0 Å². The number of nitrogens with zero attached hydrogens (tertiary/aromatic N) is 3. The molecule has 1 atom stereocenters. The molecule has 3 rings (SSSR count). The zero-order valence-corrected chi connectivity index (χ0v) is 12.9. The molecule has 0 unspecified atom stereocenters. The van der Waals surface area contributed by atoms with Crippen molar-refractivity contribution >= 4 is 27.8 Å². The molecule has 1 aliphatic rings. The number of nitrogens with two attached hydrogens (primary N) is 1. The summed E-state index contributed by atoms with van der Waals surface area (Å²) in [7, 11) is 0. The molecule has 2 heterocycles. The smallest absolute Gasteiger partial charge is 0.370 e. The van der Waals surface area contributed by atoms with Crippen LogP contribution in [0.1, 0.15) is 17.4 Å². The van der Waals surface area contributed by atoms with Crippen LogP contribution in [0, 0.1) is 0 Å². The predicted octanol–water partition coefficient (Wildman–Crippen LogP) is 2.31. The first-order valence-corrected chi connectivity index (χ1v) is 7.11. The standard InChI is InChI=1S/C13H9BrF3N5O/c14-7-3-1-6(2-4-7)10-20-11(18)21-12-19-8(13(15,16)17)5-9(23)22(10)12/h1-5,10H,(H3,18,19,20,21)/t10-/m1/s1. The van der Waals surface area contributed by atoms with E-state index >= 15 is 0 Å². The number of halogens is 4. The molecule has 120 valence electrons. The number of hydrogen-bond donors (Lipinski definition) is 2. The first-order valence-electron chi connectivity index (χ1n) is 6.32. The van der Waals surface area contributed by atoms with Crippen molar-refractivity contribution in [2.75, 3.05) is 5.32 Å². The summed E-state index contributed by atoms with van der Waals surface area (Å²) >= 11 is 3.28. The molecule has 0 saturated carbocycles. The number of rotatable bonds is 1. The molecule has 1 aliphatic heterocycles. The molecule has 10 heteroatoms. The minimum absolute atomic E-state index is 0.121. The summed E-state index contributed by atoms with van der Waals surface area (Å²) in [6.07, 6.45) is -5.62. The van der Waals surface area contributed by atoms with E-state index in [1.165, 1.54) is 0 Å². The molecule has 0 bridgehead atoms. The summed E-state index contributed by atoms with van der Waals surface area (Å²) < 4.78 is 40.2. The van der Waals surface area contributed by atoms with Gasteiger partial charge in [0.15, 0.2) is 17.8 Å². The minimum Gasteiger partial charge on any atom is -0.370 e. The lowest BCUT2D eigenvalue weighted by Crippen LogP contribution is -2.38. The molecule has 6 nitrogen and oxygen atoms in total. The summed E-state index contributed by atoms with van der Waals surface area (Å²) in [5.74, 6) is -0.422. The first-order chi connectivity index (χ1) is 10.8. The second-order valence-corrected chi connectivity index (χ2v) is 5.65. The van der Waals surface area contributed by atoms with E-state index in [0.29, 0.717) is 11.6 Å². The number of aliphatic imine (C=N–C) groups is 1. The van der Waals surface area contributed by atoms with Crippen molar-refractivity contribution in [1.82, 2.24) is 9.55 Å². The average molecular weight is 388 g/mol. The Bertz CT molecular complexity index is 844. The number of anilines is 1. The Balaban J connectivity index is 2.17. The minimum atomic E-state index is -4.73. The van der Waals surface area contributed by atoms with Crippen molar-refractivity contribution < 1.29 is 13.2 Å². The maximum atomic E-state index is 12.8. The second-order valence-electron chi connectivity index (χ2n) is 4.74. The molecule has 0 radical (unpaired) electrons. The number of fused-ring (bicyclic) bond motifs is 1. The van der Waals surface area contributed by atoms with E-state index in [2.05, 4.69) is 31.2 Å². The van der Waals surface area contributed by atoms with Gasteiger partial charge in [-0.25, -0.2) is 9.98 Å². The highest BCUT2D eigenvalue weighted by molar-refractivity contribution is 9.10. The molecule has 2 aromatic rings. The van der Waals surface area contributed by atoms with Crippen molar-refractivity contribution in [1.29, 1.82) is 0 Å². The summed E-state index contributed by atoms with van der Waals surface area (Å²) in [5.41, 5.74) is 4.03. The van der Waals surface area contributed by atoms with Gasteiger partial charge in [-0.05, 0) is 17.7 Å². The van der Waals surface area contributed by atoms with Crippen LogP contribution in [0.4, 0.5) is 19.1 Å². The van der Waals surface area contributed by atoms with Gasteiger partial charge in [0, 0.05) is 10.5 Å². The van der Waals surface area contributed by atoms with Gasteiger partial charge in [0.2, 0.25) is 5.95 Å². The van der Waals surface area contributed by atoms with Gasteiger partial charge >= 0.3 is 6.18 Å². The lowest BCUT2D eigenvalue weighted by atomic mass is 10.1. The fourth-order valence-corrected chi connectivity index (χ4v) is 2.42. The molecule has 0 amide bonds. The Labute approximate surface area is 136 Å². The average Bonchev–Trinajstić information content (AvgIpc) is 2.45. The van der Waals surface area contributed by atoms with Crippen LogP contribution in [0.15, 0.2) is 44.6 Å². The van der Waals surface area contributed by atoms with Crippen molar-refractivity contribution in [3.8, 4) is 0 Å². The van der Waals surface area contributed by atoms with Crippen molar-refractivity contribution in [3.63, 3.8) is 0 Å². The second kappa shape index (κ2) is 5.37. The monoisotopic (exact) mass is 387 g/mol. The number of benzene rings is 1. The zero-order valence-electron chi connectivity index (χ0n) is 11.3. The Morgan fingerprint density at radius 3 is 2.52 bits per heavy atom. The molecule has 3 N–H and O–H groups in total. The highest BCUT2D eigenvalue weighted by Gasteiger charge is 2.35. The van der Waals surface area contributed by atoms with E-state index in [9.17, 15) is 18.0 Å². The Morgan fingerprint density at radius 2 is 1.91 bits per heavy atom. The van der Waals surface area contributed by atoms with Crippen LogP contribution in [-0.2, 0) is 6.18 Å². The lowest BCUT2D eigenvalue weighted by Gasteiger charge is -2.25. The van der Waals surface area contributed by atoms with E-state index in [-0.39, 0.29) is 11.9 Å². The Morgan fingerprint density at radius 1 is 1.26 bits per heavy atom. The maximum absolute atomic E-state index is 12.8. The van der Waals surface area contributed by atoms with Crippen LogP contribution in [0.2, 0.25) is 0 Å². The SMILES string of the molecule is NC1=N[C@@H](c2ccc(Br)cc2)n2c(nc(C(F)(F)F)cc2=O)N1. The fourth-order valence-electron chi connectivity index (χ4n) is 2.16. The number of alkyl halides is 3. The van der Waals surface area contributed by atoms with Crippen LogP contribution in [0.25, 0.3) is 0 Å².